The Hall–Kier alpha value is -2.54. The van der Waals surface area contributed by atoms with Gasteiger partial charge in [0.15, 0.2) is 5.13 Å². The molecule has 116 valence electrons. The van der Waals surface area contributed by atoms with E-state index in [-0.39, 0.29) is 6.04 Å². The minimum atomic E-state index is 0.266. The molecule has 0 spiro atoms. The van der Waals surface area contributed by atoms with Gasteiger partial charge in [0.1, 0.15) is 11.6 Å². The molecule has 7 heteroatoms. The van der Waals surface area contributed by atoms with E-state index in [2.05, 4.69) is 30.5 Å². The maximum Gasteiger partial charge on any atom is 0.188 e. The molecule has 0 saturated carbocycles. The lowest BCUT2D eigenvalue weighted by molar-refractivity contribution is 0.692. The van der Waals surface area contributed by atoms with Crippen molar-refractivity contribution in [2.24, 2.45) is 0 Å². The number of aromatic nitrogens is 4. The lowest BCUT2D eigenvalue weighted by Crippen LogP contribution is -2.23. The highest BCUT2D eigenvalue weighted by Gasteiger charge is 2.29. The van der Waals surface area contributed by atoms with Gasteiger partial charge in [-0.3, -0.25) is 4.98 Å². The second kappa shape index (κ2) is 6.29. The molecule has 0 aromatic carbocycles. The molecular weight excluding hydrogens is 308 g/mol. The van der Waals surface area contributed by atoms with Crippen molar-refractivity contribution in [3.63, 3.8) is 0 Å². The van der Waals surface area contributed by atoms with Crippen LogP contribution in [0.15, 0.2) is 48.4 Å². The van der Waals surface area contributed by atoms with Crippen LogP contribution < -0.4 is 10.2 Å². The van der Waals surface area contributed by atoms with Crippen molar-refractivity contribution in [1.82, 2.24) is 19.9 Å². The second-order valence-electron chi connectivity index (χ2n) is 5.33. The molecule has 1 fully saturated rings. The second-order valence-corrected chi connectivity index (χ2v) is 6.19. The summed E-state index contributed by atoms with van der Waals surface area (Å²) in [6, 6.07) is 6.05. The third-order valence-corrected chi connectivity index (χ3v) is 4.64. The topological polar surface area (TPSA) is 66.8 Å². The van der Waals surface area contributed by atoms with Gasteiger partial charge in [-0.2, -0.15) is 0 Å². The maximum atomic E-state index is 4.74. The monoisotopic (exact) mass is 324 g/mol. The highest BCUT2D eigenvalue weighted by atomic mass is 32.1. The van der Waals surface area contributed by atoms with Crippen LogP contribution in [0.25, 0.3) is 0 Å². The average molecular weight is 324 g/mol. The Bertz CT molecular complexity index is 761. The predicted octanol–water partition coefficient (Wildman–Crippen LogP) is 3.41. The van der Waals surface area contributed by atoms with E-state index in [0.29, 0.717) is 0 Å². The molecule has 1 aliphatic heterocycles. The Labute approximate surface area is 138 Å². The fraction of sp³-hybridized carbons (Fsp3) is 0.250. The van der Waals surface area contributed by atoms with Crippen molar-refractivity contribution >= 4 is 28.1 Å². The Morgan fingerprint density at radius 1 is 1.17 bits per heavy atom. The number of hydrogen-bond acceptors (Lipinski definition) is 7. The Morgan fingerprint density at radius 3 is 3.00 bits per heavy atom. The molecule has 4 heterocycles. The van der Waals surface area contributed by atoms with Gasteiger partial charge in [0.2, 0.25) is 0 Å². The zero-order valence-corrected chi connectivity index (χ0v) is 13.3. The van der Waals surface area contributed by atoms with Crippen LogP contribution in [-0.2, 0) is 0 Å². The fourth-order valence-corrected chi connectivity index (χ4v) is 3.59. The van der Waals surface area contributed by atoms with Crippen LogP contribution in [0.2, 0.25) is 0 Å². The van der Waals surface area contributed by atoms with Crippen molar-refractivity contribution in [2.45, 2.75) is 18.9 Å². The number of hydrogen-bond donors (Lipinski definition) is 1. The Kier molecular flexibility index (Phi) is 3.85. The van der Waals surface area contributed by atoms with Gasteiger partial charge in [0, 0.05) is 30.5 Å². The molecule has 3 aromatic heterocycles. The normalized spacial score (nSPS) is 17.4. The molecule has 1 aliphatic rings. The highest BCUT2D eigenvalue weighted by Crippen LogP contribution is 2.36. The molecule has 1 saturated heterocycles. The number of nitrogens with one attached hydrogen (secondary N) is 1. The summed E-state index contributed by atoms with van der Waals surface area (Å²) in [5, 5.41) is 6.23. The quantitative estimate of drug-likeness (QED) is 0.793. The summed E-state index contributed by atoms with van der Waals surface area (Å²) in [4.78, 5) is 19.9. The Balaban J connectivity index is 1.54. The highest BCUT2D eigenvalue weighted by molar-refractivity contribution is 7.13. The van der Waals surface area contributed by atoms with Gasteiger partial charge in [-0.25, -0.2) is 15.0 Å². The first-order valence-corrected chi connectivity index (χ1v) is 8.44. The molecule has 0 radical (unpaired) electrons. The summed E-state index contributed by atoms with van der Waals surface area (Å²) in [5.41, 5.74) is 1.08. The first-order valence-electron chi connectivity index (χ1n) is 7.56. The largest absolute Gasteiger partial charge is 0.347 e. The van der Waals surface area contributed by atoms with Crippen LogP contribution in [0.5, 0.6) is 0 Å². The summed E-state index contributed by atoms with van der Waals surface area (Å²) in [6.45, 7) is 0.990. The molecule has 0 bridgehead atoms. The van der Waals surface area contributed by atoms with Gasteiger partial charge in [-0.15, -0.1) is 11.3 Å². The number of anilines is 3. The van der Waals surface area contributed by atoms with E-state index < -0.39 is 0 Å². The van der Waals surface area contributed by atoms with Crippen molar-refractivity contribution in [2.75, 3.05) is 16.8 Å². The minimum absolute atomic E-state index is 0.266. The standard InChI is InChI=1S/C16H16N6S/c1-2-6-18-14(5-1)21-16-20-12(11-23-16)13-4-3-9-22(13)15-10-17-7-8-19-15/h1-2,5-8,10-11,13H,3-4,9H2,(H,18,20,21)/t13-/m0/s1. The van der Waals surface area contributed by atoms with Crippen molar-refractivity contribution < 1.29 is 0 Å². The summed E-state index contributed by atoms with van der Waals surface area (Å²) < 4.78 is 0. The third kappa shape index (κ3) is 3.00. The average Bonchev–Trinajstić information content (AvgIpc) is 3.25. The molecular formula is C16H16N6S. The van der Waals surface area contributed by atoms with E-state index in [1.165, 1.54) is 0 Å². The number of thiazole rings is 1. The van der Waals surface area contributed by atoms with Crippen molar-refractivity contribution in [1.29, 1.82) is 0 Å². The molecule has 6 nitrogen and oxygen atoms in total. The summed E-state index contributed by atoms with van der Waals surface area (Å²) in [5.74, 6) is 1.73. The van der Waals surface area contributed by atoms with E-state index in [9.17, 15) is 0 Å². The molecule has 4 rings (SSSR count). The minimum Gasteiger partial charge on any atom is -0.347 e. The lowest BCUT2D eigenvalue weighted by Gasteiger charge is -2.23. The number of nitrogens with zero attached hydrogens (tertiary/aromatic N) is 5. The first kappa shape index (κ1) is 14.1. The predicted molar refractivity (Wildman–Crippen MR) is 91.0 cm³/mol. The van der Waals surface area contributed by atoms with E-state index in [1.807, 2.05) is 24.4 Å². The zero-order valence-electron chi connectivity index (χ0n) is 12.5. The third-order valence-electron chi connectivity index (χ3n) is 3.86. The van der Waals surface area contributed by atoms with E-state index in [1.54, 1.807) is 29.9 Å². The van der Waals surface area contributed by atoms with Crippen LogP contribution >= 0.6 is 11.3 Å². The van der Waals surface area contributed by atoms with Gasteiger partial charge < -0.3 is 10.2 Å². The maximum absolute atomic E-state index is 4.74. The fourth-order valence-electron chi connectivity index (χ4n) is 2.83. The van der Waals surface area contributed by atoms with Crippen molar-refractivity contribution in [3.05, 3.63) is 54.1 Å². The Morgan fingerprint density at radius 2 is 2.17 bits per heavy atom. The van der Waals surface area contributed by atoms with Gasteiger partial charge in [-0.05, 0) is 25.0 Å². The van der Waals surface area contributed by atoms with E-state index >= 15 is 0 Å². The number of rotatable bonds is 4. The van der Waals surface area contributed by atoms with Crippen LogP contribution in [-0.4, -0.2) is 26.5 Å². The smallest absolute Gasteiger partial charge is 0.188 e. The first-order chi connectivity index (χ1) is 11.4. The van der Waals surface area contributed by atoms with Gasteiger partial charge >= 0.3 is 0 Å². The van der Waals surface area contributed by atoms with Crippen LogP contribution in [0.4, 0.5) is 16.8 Å². The molecule has 3 aromatic rings. The summed E-state index contributed by atoms with van der Waals surface area (Å²) >= 11 is 1.60. The van der Waals surface area contributed by atoms with Crippen LogP contribution in [0.1, 0.15) is 24.6 Å². The van der Waals surface area contributed by atoms with E-state index in [4.69, 9.17) is 4.98 Å². The van der Waals surface area contributed by atoms with Gasteiger partial charge in [0.25, 0.3) is 0 Å². The van der Waals surface area contributed by atoms with Crippen LogP contribution in [0, 0.1) is 0 Å². The number of pyridine rings is 1. The molecule has 0 amide bonds. The summed E-state index contributed by atoms with van der Waals surface area (Å²) in [7, 11) is 0. The summed E-state index contributed by atoms with van der Waals surface area (Å²) in [6.07, 6.45) is 9.25. The molecule has 23 heavy (non-hydrogen) atoms. The molecule has 0 aliphatic carbocycles. The lowest BCUT2D eigenvalue weighted by atomic mass is 10.2. The molecule has 1 N–H and O–H groups in total. The van der Waals surface area contributed by atoms with E-state index in [0.717, 1.165) is 41.8 Å². The van der Waals surface area contributed by atoms with Gasteiger partial charge in [0.05, 0.1) is 17.9 Å². The molecule has 0 unspecified atom stereocenters. The SMILES string of the molecule is c1ccc(Nc2nc([C@@H]3CCCN3c3cnccn3)cs2)nc1. The zero-order chi connectivity index (χ0) is 15.5. The van der Waals surface area contributed by atoms with Gasteiger partial charge in [-0.1, -0.05) is 6.07 Å². The van der Waals surface area contributed by atoms with Crippen molar-refractivity contribution in [3.8, 4) is 0 Å². The van der Waals surface area contributed by atoms with Crippen LogP contribution in [0.3, 0.4) is 0 Å². The molecule has 1 atom stereocenters.